The highest BCUT2D eigenvalue weighted by Crippen LogP contribution is 2.22. The molecule has 0 radical (unpaired) electrons. The van der Waals surface area contributed by atoms with Crippen LogP contribution in [-0.2, 0) is 14.8 Å². The molecule has 0 atom stereocenters. The summed E-state index contributed by atoms with van der Waals surface area (Å²) in [6.45, 7) is 3.72. The van der Waals surface area contributed by atoms with Crippen LogP contribution in [0.5, 0.6) is 5.75 Å². The summed E-state index contributed by atoms with van der Waals surface area (Å²) in [4.78, 5) is 14.5. The minimum absolute atomic E-state index is 0.151. The van der Waals surface area contributed by atoms with Crippen LogP contribution >= 0.6 is 11.6 Å². The fourth-order valence-corrected chi connectivity index (χ4v) is 4.74. The third-order valence-electron chi connectivity index (χ3n) is 4.87. The quantitative estimate of drug-likeness (QED) is 0.751. The molecule has 2 aromatic carbocycles. The van der Waals surface area contributed by atoms with Crippen LogP contribution in [0, 0.1) is 6.92 Å². The van der Waals surface area contributed by atoms with Gasteiger partial charge in [-0.15, -0.1) is 0 Å². The van der Waals surface area contributed by atoms with Crippen LogP contribution in [-0.4, -0.2) is 63.4 Å². The van der Waals surface area contributed by atoms with E-state index in [2.05, 4.69) is 5.32 Å². The molecule has 1 heterocycles. The first-order valence-corrected chi connectivity index (χ1v) is 11.0. The molecule has 3 rings (SSSR count). The predicted molar refractivity (Wildman–Crippen MR) is 113 cm³/mol. The third kappa shape index (κ3) is 5.27. The van der Waals surface area contributed by atoms with Gasteiger partial charge in [0.1, 0.15) is 5.75 Å². The third-order valence-corrected chi connectivity index (χ3v) is 7.02. The van der Waals surface area contributed by atoms with Crippen molar-refractivity contribution in [2.24, 2.45) is 0 Å². The van der Waals surface area contributed by atoms with Crippen molar-refractivity contribution in [3.63, 3.8) is 0 Å². The standard InChI is InChI=1S/C20H24ClN3O4S/c1-15-3-4-16(21)13-19(15)22-20(25)14-23-9-11-24(12-10-23)29(26,27)18-7-5-17(28-2)6-8-18/h3-8,13H,9-12,14H2,1-2H3,(H,22,25). The van der Waals surface area contributed by atoms with Crippen LogP contribution in [0.25, 0.3) is 0 Å². The van der Waals surface area contributed by atoms with Gasteiger partial charge in [-0.25, -0.2) is 8.42 Å². The number of sulfonamides is 1. The smallest absolute Gasteiger partial charge is 0.243 e. The van der Waals surface area contributed by atoms with E-state index in [1.807, 2.05) is 17.9 Å². The molecule has 0 bridgehead atoms. The van der Waals surface area contributed by atoms with E-state index in [1.54, 1.807) is 36.4 Å². The van der Waals surface area contributed by atoms with Crippen LogP contribution < -0.4 is 10.1 Å². The molecular weight excluding hydrogens is 414 g/mol. The first kappa shape index (κ1) is 21.6. The Balaban J connectivity index is 1.55. The number of methoxy groups -OCH3 is 1. The summed E-state index contributed by atoms with van der Waals surface area (Å²) in [6, 6.07) is 11.7. The van der Waals surface area contributed by atoms with Crippen LogP contribution in [0.15, 0.2) is 47.4 Å². The Morgan fingerprint density at radius 1 is 1.10 bits per heavy atom. The van der Waals surface area contributed by atoms with E-state index in [-0.39, 0.29) is 17.3 Å². The van der Waals surface area contributed by atoms with Crippen molar-refractivity contribution in [3.8, 4) is 5.75 Å². The van der Waals surface area contributed by atoms with E-state index in [0.29, 0.717) is 42.6 Å². The van der Waals surface area contributed by atoms with Gasteiger partial charge in [-0.2, -0.15) is 4.31 Å². The van der Waals surface area contributed by atoms with Gasteiger partial charge in [0, 0.05) is 36.9 Å². The van der Waals surface area contributed by atoms with E-state index < -0.39 is 10.0 Å². The summed E-state index contributed by atoms with van der Waals surface area (Å²) < 4.78 is 32.1. The minimum atomic E-state index is -3.56. The van der Waals surface area contributed by atoms with Gasteiger partial charge >= 0.3 is 0 Å². The van der Waals surface area contributed by atoms with Crippen molar-refractivity contribution in [1.29, 1.82) is 0 Å². The molecule has 1 saturated heterocycles. The lowest BCUT2D eigenvalue weighted by Gasteiger charge is -2.33. The summed E-state index contributed by atoms with van der Waals surface area (Å²) >= 11 is 5.99. The molecule has 1 fully saturated rings. The molecule has 0 unspecified atom stereocenters. The average Bonchev–Trinajstić information content (AvgIpc) is 2.71. The van der Waals surface area contributed by atoms with Crippen molar-refractivity contribution < 1.29 is 17.9 Å². The molecule has 29 heavy (non-hydrogen) atoms. The molecule has 7 nitrogen and oxygen atoms in total. The lowest BCUT2D eigenvalue weighted by Crippen LogP contribution is -2.50. The number of carbonyl (C=O) groups excluding carboxylic acids is 1. The van der Waals surface area contributed by atoms with Gasteiger partial charge in [0.05, 0.1) is 18.6 Å². The summed E-state index contributed by atoms with van der Waals surface area (Å²) in [5.41, 5.74) is 1.61. The second-order valence-electron chi connectivity index (χ2n) is 6.86. The van der Waals surface area contributed by atoms with E-state index >= 15 is 0 Å². The number of nitrogens with one attached hydrogen (secondary N) is 1. The Kier molecular flexibility index (Phi) is 6.79. The summed E-state index contributed by atoms with van der Waals surface area (Å²) in [5, 5.41) is 3.43. The Morgan fingerprint density at radius 3 is 2.38 bits per heavy atom. The number of ether oxygens (including phenoxy) is 1. The fraction of sp³-hybridized carbons (Fsp3) is 0.350. The van der Waals surface area contributed by atoms with Gasteiger partial charge in [-0.05, 0) is 48.9 Å². The highest BCUT2D eigenvalue weighted by atomic mass is 35.5. The van der Waals surface area contributed by atoms with Crippen LogP contribution in [0.2, 0.25) is 5.02 Å². The highest BCUT2D eigenvalue weighted by Gasteiger charge is 2.29. The zero-order valence-electron chi connectivity index (χ0n) is 16.4. The van der Waals surface area contributed by atoms with Gasteiger partial charge in [0.25, 0.3) is 0 Å². The average molecular weight is 438 g/mol. The van der Waals surface area contributed by atoms with Gasteiger partial charge in [-0.3, -0.25) is 9.69 Å². The normalized spacial score (nSPS) is 15.8. The molecule has 0 aliphatic carbocycles. The van der Waals surface area contributed by atoms with E-state index in [1.165, 1.54) is 11.4 Å². The summed E-state index contributed by atoms with van der Waals surface area (Å²) in [5.74, 6) is 0.455. The molecule has 9 heteroatoms. The zero-order valence-corrected chi connectivity index (χ0v) is 18.0. The lowest BCUT2D eigenvalue weighted by molar-refractivity contribution is -0.117. The number of benzene rings is 2. The van der Waals surface area contributed by atoms with E-state index in [9.17, 15) is 13.2 Å². The number of halogens is 1. The van der Waals surface area contributed by atoms with Crippen molar-refractivity contribution in [3.05, 3.63) is 53.1 Å². The predicted octanol–water partition coefficient (Wildman–Crippen LogP) is 2.60. The number of amides is 1. The molecule has 2 aromatic rings. The number of rotatable bonds is 6. The molecule has 0 saturated carbocycles. The molecule has 1 aliphatic rings. The largest absolute Gasteiger partial charge is 0.497 e. The molecule has 156 valence electrons. The number of carbonyl (C=O) groups is 1. The van der Waals surface area contributed by atoms with Crippen LogP contribution in [0.4, 0.5) is 5.69 Å². The topological polar surface area (TPSA) is 79.0 Å². The van der Waals surface area contributed by atoms with Gasteiger partial charge in [0.2, 0.25) is 15.9 Å². The Labute approximate surface area is 176 Å². The maximum atomic E-state index is 12.8. The van der Waals surface area contributed by atoms with Gasteiger partial charge in [0.15, 0.2) is 0 Å². The molecule has 1 N–H and O–H groups in total. The maximum Gasteiger partial charge on any atom is 0.243 e. The highest BCUT2D eigenvalue weighted by molar-refractivity contribution is 7.89. The van der Waals surface area contributed by atoms with Crippen molar-refractivity contribution in [2.45, 2.75) is 11.8 Å². The SMILES string of the molecule is COc1ccc(S(=O)(=O)N2CCN(CC(=O)Nc3cc(Cl)ccc3C)CC2)cc1. The molecule has 1 amide bonds. The Hall–Kier alpha value is -2.13. The van der Waals surface area contributed by atoms with Crippen LogP contribution in [0.3, 0.4) is 0 Å². The number of piperazine rings is 1. The van der Waals surface area contributed by atoms with Crippen molar-refractivity contribution in [2.75, 3.05) is 45.2 Å². The summed E-state index contributed by atoms with van der Waals surface area (Å²) in [7, 11) is -2.03. The second kappa shape index (κ2) is 9.13. The number of aryl methyl sites for hydroxylation is 1. The Bertz CT molecular complexity index is 972. The van der Waals surface area contributed by atoms with E-state index in [0.717, 1.165) is 5.56 Å². The minimum Gasteiger partial charge on any atom is -0.497 e. The van der Waals surface area contributed by atoms with Gasteiger partial charge in [-0.1, -0.05) is 17.7 Å². The number of nitrogens with zero attached hydrogens (tertiary/aromatic N) is 2. The first-order chi connectivity index (χ1) is 13.8. The van der Waals surface area contributed by atoms with Crippen LogP contribution in [0.1, 0.15) is 5.56 Å². The number of hydrogen-bond acceptors (Lipinski definition) is 5. The summed E-state index contributed by atoms with van der Waals surface area (Å²) in [6.07, 6.45) is 0. The van der Waals surface area contributed by atoms with Crippen molar-refractivity contribution >= 4 is 33.2 Å². The number of hydrogen-bond donors (Lipinski definition) is 1. The Morgan fingerprint density at radius 2 is 1.76 bits per heavy atom. The monoisotopic (exact) mass is 437 g/mol. The molecule has 0 aromatic heterocycles. The second-order valence-corrected chi connectivity index (χ2v) is 9.24. The molecule has 0 spiro atoms. The van der Waals surface area contributed by atoms with E-state index in [4.69, 9.17) is 16.3 Å². The van der Waals surface area contributed by atoms with Gasteiger partial charge < -0.3 is 10.1 Å². The molecule has 1 aliphatic heterocycles. The zero-order chi connectivity index (χ0) is 21.0. The molecular formula is C20H24ClN3O4S. The first-order valence-electron chi connectivity index (χ1n) is 9.22. The number of anilines is 1. The van der Waals surface area contributed by atoms with Crippen molar-refractivity contribution in [1.82, 2.24) is 9.21 Å². The lowest BCUT2D eigenvalue weighted by atomic mass is 10.2. The fourth-order valence-electron chi connectivity index (χ4n) is 3.15. The maximum absolute atomic E-state index is 12.8.